The monoisotopic (exact) mass is 366 g/mol. The highest BCUT2D eigenvalue weighted by atomic mass is 14.3. The molecule has 0 heterocycles. The molecule has 0 N–H and O–H groups in total. The quantitative estimate of drug-likeness (QED) is 0.177. The van der Waals surface area contributed by atoms with Crippen LogP contribution in [-0.2, 0) is 0 Å². The minimum absolute atomic E-state index is 1.03. The van der Waals surface area contributed by atoms with E-state index >= 15 is 0 Å². The standard InChI is InChI=1S/C26H54/c1-5-9-13-17-21-25(22-18-14-10-6-2)26(23-19-15-11-7-3)24-20-16-12-8-4/h25-26H,5-24H2,1-4H3. The molecule has 0 saturated carbocycles. The molecular formula is C26H54. The van der Waals surface area contributed by atoms with Gasteiger partial charge in [0.05, 0.1) is 0 Å². The van der Waals surface area contributed by atoms with Crippen LogP contribution in [0.1, 0.15) is 156 Å². The zero-order valence-corrected chi connectivity index (χ0v) is 19.3. The Labute approximate surface area is 168 Å². The average molecular weight is 367 g/mol. The first-order valence-electron chi connectivity index (χ1n) is 12.8. The van der Waals surface area contributed by atoms with E-state index in [1.165, 1.54) is 128 Å². The SMILES string of the molecule is CCCCCCC(CCCCCC)C(CCCCCC)CCCCCC. The van der Waals surface area contributed by atoms with Gasteiger partial charge in [0.1, 0.15) is 0 Å². The van der Waals surface area contributed by atoms with E-state index < -0.39 is 0 Å². The fourth-order valence-electron chi connectivity index (χ4n) is 4.56. The van der Waals surface area contributed by atoms with Crippen LogP contribution in [0.2, 0.25) is 0 Å². The fraction of sp³-hybridized carbons (Fsp3) is 1.00. The molecule has 0 rings (SSSR count). The summed E-state index contributed by atoms with van der Waals surface area (Å²) >= 11 is 0. The first-order valence-corrected chi connectivity index (χ1v) is 12.8. The van der Waals surface area contributed by atoms with E-state index in [0.717, 1.165) is 11.8 Å². The molecule has 0 saturated heterocycles. The second kappa shape index (κ2) is 21.3. The van der Waals surface area contributed by atoms with E-state index in [2.05, 4.69) is 27.7 Å². The van der Waals surface area contributed by atoms with Crippen LogP contribution in [0, 0.1) is 11.8 Å². The third-order valence-electron chi connectivity index (χ3n) is 6.38. The zero-order chi connectivity index (χ0) is 19.3. The molecule has 0 unspecified atom stereocenters. The summed E-state index contributed by atoms with van der Waals surface area (Å²) in [5.74, 6) is 2.07. The molecule has 26 heavy (non-hydrogen) atoms. The van der Waals surface area contributed by atoms with Crippen LogP contribution in [0.15, 0.2) is 0 Å². The smallest absolute Gasteiger partial charge is 0.0386 e. The third kappa shape index (κ3) is 16.2. The minimum Gasteiger partial charge on any atom is -0.0654 e. The predicted molar refractivity (Wildman–Crippen MR) is 122 cm³/mol. The topological polar surface area (TPSA) is 0 Å². The van der Waals surface area contributed by atoms with Gasteiger partial charge in [0.2, 0.25) is 0 Å². The van der Waals surface area contributed by atoms with E-state index in [-0.39, 0.29) is 0 Å². The molecular weight excluding hydrogens is 312 g/mol. The molecule has 0 nitrogen and oxygen atoms in total. The molecule has 0 aliphatic rings. The maximum absolute atomic E-state index is 2.34. The highest BCUT2D eigenvalue weighted by molar-refractivity contribution is 4.72. The van der Waals surface area contributed by atoms with Crippen molar-refractivity contribution >= 4 is 0 Å². The van der Waals surface area contributed by atoms with Crippen molar-refractivity contribution in [2.45, 2.75) is 156 Å². The van der Waals surface area contributed by atoms with Crippen molar-refractivity contribution in [2.24, 2.45) is 11.8 Å². The summed E-state index contributed by atoms with van der Waals surface area (Å²) in [6.07, 6.45) is 29.2. The van der Waals surface area contributed by atoms with Crippen molar-refractivity contribution < 1.29 is 0 Å². The van der Waals surface area contributed by atoms with Crippen LogP contribution in [0.4, 0.5) is 0 Å². The van der Waals surface area contributed by atoms with Crippen LogP contribution in [0.3, 0.4) is 0 Å². The van der Waals surface area contributed by atoms with E-state index in [9.17, 15) is 0 Å². The summed E-state index contributed by atoms with van der Waals surface area (Å²) in [4.78, 5) is 0. The molecule has 0 aliphatic heterocycles. The van der Waals surface area contributed by atoms with Crippen LogP contribution >= 0.6 is 0 Å². The second-order valence-electron chi connectivity index (χ2n) is 8.92. The summed E-state index contributed by atoms with van der Waals surface area (Å²) in [5, 5.41) is 0. The number of rotatable bonds is 21. The van der Waals surface area contributed by atoms with Gasteiger partial charge >= 0.3 is 0 Å². The molecule has 0 radical (unpaired) electrons. The van der Waals surface area contributed by atoms with Gasteiger partial charge in [-0.25, -0.2) is 0 Å². The van der Waals surface area contributed by atoms with Gasteiger partial charge in [-0.2, -0.15) is 0 Å². The van der Waals surface area contributed by atoms with Gasteiger partial charge < -0.3 is 0 Å². The van der Waals surface area contributed by atoms with E-state index in [1.54, 1.807) is 0 Å². The van der Waals surface area contributed by atoms with Gasteiger partial charge in [0.25, 0.3) is 0 Å². The molecule has 0 aromatic rings. The van der Waals surface area contributed by atoms with Crippen LogP contribution < -0.4 is 0 Å². The van der Waals surface area contributed by atoms with Crippen molar-refractivity contribution in [2.75, 3.05) is 0 Å². The molecule has 158 valence electrons. The third-order valence-corrected chi connectivity index (χ3v) is 6.38. The second-order valence-corrected chi connectivity index (χ2v) is 8.92. The van der Waals surface area contributed by atoms with Gasteiger partial charge in [-0.3, -0.25) is 0 Å². The molecule has 0 bridgehead atoms. The first kappa shape index (κ1) is 26.0. The summed E-state index contributed by atoms with van der Waals surface area (Å²) in [5.41, 5.74) is 0. The summed E-state index contributed by atoms with van der Waals surface area (Å²) in [6, 6.07) is 0. The Kier molecular flexibility index (Phi) is 21.3. The largest absolute Gasteiger partial charge is 0.0654 e. The Morgan fingerprint density at radius 3 is 0.731 bits per heavy atom. The van der Waals surface area contributed by atoms with Crippen molar-refractivity contribution in [1.29, 1.82) is 0 Å². The lowest BCUT2D eigenvalue weighted by Crippen LogP contribution is -2.16. The maximum atomic E-state index is 2.34. The molecule has 0 aliphatic carbocycles. The van der Waals surface area contributed by atoms with E-state index in [4.69, 9.17) is 0 Å². The average Bonchev–Trinajstić information content (AvgIpc) is 2.66. The lowest BCUT2D eigenvalue weighted by Gasteiger charge is -2.28. The molecule has 0 aromatic carbocycles. The van der Waals surface area contributed by atoms with Gasteiger partial charge in [0, 0.05) is 0 Å². The fourth-order valence-corrected chi connectivity index (χ4v) is 4.56. The van der Waals surface area contributed by atoms with Crippen LogP contribution in [0.25, 0.3) is 0 Å². The maximum Gasteiger partial charge on any atom is -0.0386 e. The summed E-state index contributed by atoms with van der Waals surface area (Å²) in [6.45, 7) is 9.36. The van der Waals surface area contributed by atoms with Crippen LogP contribution in [-0.4, -0.2) is 0 Å². The van der Waals surface area contributed by atoms with Crippen molar-refractivity contribution in [1.82, 2.24) is 0 Å². The molecule has 0 amide bonds. The zero-order valence-electron chi connectivity index (χ0n) is 19.3. The molecule has 0 aromatic heterocycles. The first-order chi connectivity index (χ1) is 12.8. The molecule has 0 fully saturated rings. The number of hydrogen-bond donors (Lipinski definition) is 0. The molecule has 0 spiro atoms. The van der Waals surface area contributed by atoms with Crippen molar-refractivity contribution in [3.63, 3.8) is 0 Å². The van der Waals surface area contributed by atoms with Gasteiger partial charge in [-0.15, -0.1) is 0 Å². The van der Waals surface area contributed by atoms with Crippen molar-refractivity contribution in [3.8, 4) is 0 Å². The van der Waals surface area contributed by atoms with E-state index in [0.29, 0.717) is 0 Å². The molecule has 0 heteroatoms. The minimum atomic E-state index is 1.03. The van der Waals surface area contributed by atoms with Crippen LogP contribution in [0.5, 0.6) is 0 Å². The van der Waals surface area contributed by atoms with Crippen molar-refractivity contribution in [3.05, 3.63) is 0 Å². The summed E-state index contributed by atoms with van der Waals surface area (Å²) < 4.78 is 0. The number of hydrogen-bond acceptors (Lipinski definition) is 0. The lowest BCUT2D eigenvalue weighted by atomic mass is 9.78. The Morgan fingerprint density at radius 2 is 0.538 bits per heavy atom. The lowest BCUT2D eigenvalue weighted by molar-refractivity contribution is 0.237. The number of unbranched alkanes of at least 4 members (excludes halogenated alkanes) is 12. The van der Waals surface area contributed by atoms with Gasteiger partial charge in [-0.05, 0) is 11.8 Å². The normalized spacial score (nSPS) is 11.8. The van der Waals surface area contributed by atoms with E-state index in [1.807, 2.05) is 0 Å². The Bertz CT molecular complexity index is 194. The highest BCUT2D eigenvalue weighted by Crippen LogP contribution is 2.33. The Morgan fingerprint density at radius 1 is 0.308 bits per heavy atom. The molecule has 0 atom stereocenters. The Hall–Kier alpha value is 0. The van der Waals surface area contributed by atoms with Gasteiger partial charge in [0.15, 0.2) is 0 Å². The Balaban J connectivity index is 4.52. The van der Waals surface area contributed by atoms with Gasteiger partial charge in [-0.1, -0.05) is 156 Å². The summed E-state index contributed by atoms with van der Waals surface area (Å²) in [7, 11) is 0. The highest BCUT2D eigenvalue weighted by Gasteiger charge is 2.20. The predicted octanol–water partition coefficient (Wildman–Crippen LogP) is 10.1.